The van der Waals surface area contributed by atoms with E-state index in [9.17, 15) is 8.42 Å². The van der Waals surface area contributed by atoms with Crippen LogP contribution in [0, 0.1) is 6.92 Å². The Balaban J connectivity index is 1.49. The van der Waals surface area contributed by atoms with Gasteiger partial charge >= 0.3 is 0 Å². The predicted octanol–water partition coefficient (Wildman–Crippen LogP) is 3.82. The van der Waals surface area contributed by atoms with E-state index in [4.69, 9.17) is 8.94 Å². The first-order valence-electron chi connectivity index (χ1n) is 8.58. The van der Waals surface area contributed by atoms with Crippen LogP contribution in [0.25, 0.3) is 23.0 Å². The van der Waals surface area contributed by atoms with E-state index >= 15 is 0 Å². The van der Waals surface area contributed by atoms with Gasteiger partial charge in [-0.05, 0) is 36.8 Å². The molecule has 0 unspecified atom stereocenters. The van der Waals surface area contributed by atoms with Crippen LogP contribution in [0.2, 0.25) is 0 Å². The van der Waals surface area contributed by atoms with E-state index in [0.29, 0.717) is 22.9 Å². The van der Waals surface area contributed by atoms with Gasteiger partial charge in [0.1, 0.15) is 11.5 Å². The zero-order chi connectivity index (χ0) is 19.6. The standard InChI is InChI=1S/C20H17N3O4S/c1-14-4-2-5-15(10-14)12-28(24,25)13-17-7-8-18(26-17)20-22-19(23-27-20)16-6-3-9-21-11-16/h2-11H,12-13H2,1H3. The highest BCUT2D eigenvalue weighted by molar-refractivity contribution is 7.89. The maximum absolute atomic E-state index is 12.5. The van der Waals surface area contributed by atoms with Crippen molar-refractivity contribution in [2.75, 3.05) is 0 Å². The first-order valence-corrected chi connectivity index (χ1v) is 10.4. The molecule has 7 nitrogen and oxygen atoms in total. The summed E-state index contributed by atoms with van der Waals surface area (Å²) in [6.45, 7) is 1.93. The van der Waals surface area contributed by atoms with Gasteiger partial charge in [-0.2, -0.15) is 4.98 Å². The summed E-state index contributed by atoms with van der Waals surface area (Å²) >= 11 is 0. The number of hydrogen-bond donors (Lipinski definition) is 0. The number of aryl methyl sites for hydroxylation is 1. The Bertz CT molecular complexity index is 1200. The van der Waals surface area contributed by atoms with E-state index in [1.54, 1.807) is 36.7 Å². The number of aromatic nitrogens is 3. The van der Waals surface area contributed by atoms with Crippen LogP contribution < -0.4 is 0 Å². The molecule has 1 aromatic carbocycles. The summed E-state index contributed by atoms with van der Waals surface area (Å²) in [6.07, 6.45) is 3.28. The molecule has 0 saturated carbocycles. The highest BCUT2D eigenvalue weighted by Crippen LogP contribution is 2.25. The van der Waals surface area contributed by atoms with Crippen LogP contribution in [0.1, 0.15) is 16.9 Å². The van der Waals surface area contributed by atoms with Crippen molar-refractivity contribution in [1.29, 1.82) is 0 Å². The van der Waals surface area contributed by atoms with Crippen molar-refractivity contribution in [2.24, 2.45) is 0 Å². The molecule has 0 spiro atoms. The lowest BCUT2D eigenvalue weighted by atomic mass is 10.2. The van der Waals surface area contributed by atoms with E-state index in [0.717, 1.165) is 11.1 Å². The molecule has 142 valence electrons. The molecular formula is C20H17N3O4S. The number of furan rings is 1. The van der Waals surface area contributed by atoms with Gasteiger partial charge in [0.05, 0.1) is 5.75 Å². The molecule has 0 radical (unpaired) electrons. The molecule has 4 aromatic rings. The van der Waals surface area contributed by atoms with Crippen LogP contribution in [-0.4, -0.2) is 23.5 Å². The fourth-order valence-electron chi connectivity index (χ4n) is 2.83. The Hall–Kier alpha value is -3.26. The van der Waals surface area contributed by atoms with E-state index < -0.39 is 9.84 Å². The van der Waals surface area contributed by atoms with Crippen LogP contribution in [0.4, 0.5) is 0 Å². The molecule has 28 heavy (non-hydrogen) atoms. The lowest BCUT2D eigenvalue weighted by molar-refractivity contribution is 0.413. The van der Waals surface area contributed by atoms with Gasteiger partial charge in [0.15, 0.2) is 15.6 Å². The summed E-state index contributed by atoms with van der Waals surface area (Å²) in [7, 11) is -3.38. The van der Waals surface area contributed by atoms with Crippen molar-refractivity contribution in [3.8, 4) is 23.0 Å². The summed E-state index contributed by atoms with van der Waals surface area (Å²) in [6, 6.07) is 14.3. The molecule has 0 aliphatic rings. The maximum Gasteiger partial charge on any atom is 0.293 e. The Labute approximate surface area is 162 Å². The average Bonchev–Trinajstić information content (AvgIpc) is 3.31. The fraction of sp³-hybridized carbons (Fsp3) is 0.150. The lowest BCUT2D eigenvalue weighted by Crippen LogP contribution is -2.07. The first-order chi connectivity index (χ1) is 13.5. The number of sulfone groups is 1. The lowest BCUT2D eigenvalue weighted by Gasteiger charge is -2.04. The summed E-state index contributed by atoms with van der Waals surface area (Å²) < 4.78 is 35.8. The highest BCUT2D eigenvalue weighted by Gasteiger charge is 2.19. The van der Waals surface area contributed by atoms with E-state index in [2.05, 4.69) is 15.1 Å². The zero-order valence-electron chi connectivity index (χ0n) is 15.1. The largest absolute Gasteiger partial charge is 0.455 e. The monoisotopic (exact) mass is 395 g/mol. The number of rotatable bonds is 6. The molecule has 3 aromatic heterocycles. The second-order valence-electron chi connectivity index (χ2n) is 6.45. The summed E-state index contributed by atoms with van der Waals surface area (Å²) in [5, 5.41) is 3.91. The van der Waals surface area contributed by atoms with Gasteiger partial charge in [-0.25, -0.2) is 8.42 Å². The van der Waals surface area contributed by atoms with Crippen molar-refractivity contribution >= 4 is 9.84 Å². The van der Waals surface area contributed by atoms with Gasteiger partial charge < -0.3 is 8.94 Å². The van der Waals surface area contributed by atoms with Gasteiger partial charge in [-0.15, -0.1) is 0 Å². The van der Waals surface area contributed by atoms with Crippen molar-refractivity contribution in [3.05, 3.63) is 77.8 Å². The first kappa shape index (κ1) is 18.1. The molecule has 0 atom stereocenters. The molecule has 8 heteroatoms. The molecule has 4 rings (SSSR count). The molecule has 0 bridgehead atoms. The van der Waals surface area contributed by atoms with Gasteiger partial charge in [-0.1, -0.05) is 35.0 Å². The zero-order valence-corrected chi connectivity index (χ0v) is 15.9. The fourth-order valence-corrected chi connectivity index (χ4v) is 4.21. The topological polar surface area (TPSA) is 99.1 Å². The third-order valence-corrected chi connectivity index (χ3v) is 5.55. The molecule has 3 heterocycles. The second kappa shape index (κ2) is 7.40. The third kappa shape index (κ3) is 4.17. The van der Waals surface area contributed by atoms with Gasteiger partial charge in [0, 0.05) is 18.0 Å². The second-order valence-corrected chi connectivity index (χ2v) is 8.52. The van der Waals surface area contributed by atoms with Crippen LogP contribution in [0.15, 0.2) is 69.9 Å². The molecule has 0 saturated heterocycles. The Morgan fingerprint density at radius 2 is 1.93 bits per heavy atom. The van der Waals surface area contributed by atoms with Crippen molar-refractivity contribution < 1.29 is 17.4 Å². The molecular weight excluding hydrogens is 378 g/mol. The van der Waals surface area contributed by atoms with Gasteiger partial charge in [0.2, 0.25) is 5.82 Å². The van der Waals surface area contributed by atoms with Crippen LogP contribution >= 0.6 is 0 Å². The number of nitrogens with zero attached hydrogens (tertiary/aromatic N) is 3. The quantitative estimate of drug-likeness (QED) is 0.489. The Kier molecular flexibility index (Phi) is 4.79. The number of hydrogen-bond acceptors (Lipinski definition) is 7. The SMILES string of the molecule is Cc1cccc(CS(=O)(=O)Cc2ccc(-c3nc(-c4cccnc4)no3)o2)c1. The smallest absolute Gasteiger partial charge is 0.293 e. The molecule has 0 amide bonds. The Morgan fingerprint density at radius 3 is 2.71 bits per heavy atom. The third-order valence-electron chi connectivity index (χ3n) is 4.05. The van der Waals surface area contributed by atoms with Gasteiger partial charge in [-0.3, -0.25) is 4.98 Å². The minimum Gasteiger partial charge on any atom is -0.455 e. The highest BCUT2D eigenvalue weighted by atomic mass is 32.2. The molecule has 0 aliphatic carbocycles. The van der Waals surface area contributed by atoms with E-state index in [-0.39, 0.29) is 17.4 Å². The predicted molar refractivity (Wildman–Crippen MR) is 103 cm³/mol. The molecule has 0 aliphatic heterocycles. The molecule has 0 fully saturated rings. The van der Waals surface area contributed by atoms with Crippen LogP contribution in [0.5, 0.6) is 0 Å². The Morgan fingerprint density at radius 1 is 1.04 bits per heavy atom. The van der Waals surface area contributed by atoms with E-state index in [1.807, 2.05) is 31.2 Å². The normalized spacial score (nSPS) is 11.6. The molecule has 0 N–H and O–H groups in total. The van der Waals surface area contributed by atoms with Crippen LogP contribution in [0.3, 0.4) is 0 Å². The average molecular weight is 395 g/mol. The number of pyridine rings is 1. The van der Waals surface area contributed by atoms with E-state index in [1.165, 1.54) is 0 Å². The van der Waals surface area contributed by atoms with Crippen molar-refractivity contribution in [2.45, 2.75) is 18.4 Å². The van der Waals surface area contributed by atoms with Crippen molar-refractivity contribution in [3.63, 3.8) is 0 Å². The maximum atomic E-state index is 12.5. The minimum absolute atomic E-state index is 0.0452. The van der Waals surface area contributed by atoms with Crippen molar-refractivity contribution in [1.82, 2.24) is 15.1 Å². The summed E-state index contributed by atoms with van der Waals surface area (Å²) in [5.74, 6) is 0.961. The van der Waals surface area contributed by atoms with Crippen LogP contribution in [-0.2, 0) is 21.3 Å². The van der Waals surface area contributed by atoms with Gasteiger partial charge in [0.25, 0.3) is 5.89 Å². The summed E-state index contributed by atoms with van der Waals surface area (Å²) in [4.78, 5) is 8.29. The number of benzene rings is 1. The summed E-state index contributed by atoms with van der Waals surface area (Å²) in [5.41, 5.74) is 2.49. The minimum atomic E-state index is -3.38.